The Bertz CT molecular complexity index is 1270. The Morgan fingerprint density at radius 2 is 1.67 bits per heavy atom. The molecule has 4 aromatic rings. The Hall–Kier alpha value is -3.17. The van der Waals surface area contributed by atoms with Crippen molar-refractivity contribution in [3.63, 3.8) is 0 Å². The van der Waals surface area contributed by atoms with Crippen molar-refractivity contribution in [1.29, 1.82) is 0 Å². The summed E-state index contributed by atoms with van der Waals surface area (Å²) < 4.78 is 14.8. The van der Waals surface area contributed by atoms with Crippen LogP contribution in [0.15, 0.2) is 65.8 Å². The maximum absolute atomic E-state index is 13.2. The molecule has 1 aliphatic heterocycles. The molecule has 1 fully saturated rings. The molecule has 2 aromatic carbocycles. The Balaban J connectivity index is 1.21. The predicted octanol–water partition coefficient (Wildman–Crippen LogP) is 4.02. The first kappa shape index (κ1) is 21.7. The van der Waals surface area contributed by atoms with E-state index in [4.69, 9.17) is 11.6 Å². The van der Waals surface area contributed by atoms with Gasteiger partial charge in [0.1, 0.15) is 5.82 Å². The molecule has 33 heavy (non-hydrogen) atoms. The van der Waals surface area contributed by atoms with Crippen molar-refractivity contribution in [3.8, 4) is 11.3 Å². The molecule has 0 saturated carbocycles. The third-order valence-electron chi connectivity index (χ3n) is 5.52. The Morgan fingerprint density at radius 1 is 0.939 bits per heavy atom. The van der Waals surface area contributed by atoms with Crippen LogP contribution < -0.4 is 4.90 Å². The van der Waals surface area contributed by atoms with Crippen molar-refractivity contribution in [2.75, 3.05) is 36.8 Å². The number of carbonyl (C=O) groups excluding carboxylic acids is 1. The zero-order chi connectivity index (χ0) is 22.8. The number of hydrogen-bond acceptors (Lipinski definition) is 6. The number of carbonyl (C=O) groups is 1. The largest absolute Gasteiger partial charge is 0.368 e. The lowest BCUT2D eigenvalue weighted by Crippen LogP contribution is -2.49. The molecule has 0 bridgehead atoms. The molecule has 1 saturated heterocycles. The topological polar surface area (TPSA) is 66.6 Å². The maximum atomic E-state index is 13.2. The summed E-state index contributed by atoms with van der Waals surface area (Å²) in [7, 11) is 0. The van der Waals surface area contributed by atoms with Crippen LogP contribution in [0, 0.1) is 5.82 Å². The van der Waals surface area contributed by atoms with Crippen LogP contribution in [0.25, 0.3) is 16.9 Å². The van der Waals surface area contributed by atoms with Gasteiger partial charge in [0.2, 0.25) is 11.1 Å². The summed E-state index contributed by atoms with van der Waals surface area (Å²) in [5.41, 5.74) is 3.16. The summed E-state index contributed by atoms with van der Waals surface area (Å²) in [4.78, 5) is 16.9. The molecule has 0 N–H and O–H groups in total. The van der Waals surface area contributed by atoms with Gasteiger partial charge >= 0.3 is 0 Å². The van der Waals surface area contributed by atoms with Crippen molar-refractivity contribution in [2.24, 2.45) is 0 Å². The second kappa shape index (κ2) is 9.36. The minimum Gasteiger partial charge on any atom is -0.368 e. The van der Waals surface area contributed by atoms with Crippen molar-refractivity contribution >= 4 is 40.6 Å². The molecule has 0 unspecified atom stereocenters. The zero-order valence-electron chi connectivity index (χ0n) is 17.6. The van der Waals surface area contributed by atoms with E-state index in [9.17, 15) is 9.18 Å². The summed E-state index contributed by atoms with van der Waals surface area (Å²) in [6.07, 6.45) is 0. The highest BCUT2D eigenvalue weighted by atomic mass is 35.5. The fourth-order valence-electron chi connectivity index (χ4n) is 3.72. The van der Waals surface area contributed by atoms with Gasteiger partial charge < -0.3 is 9.80 Å². The molecular weight excluding hydrogens is 463 g/mol. The lowest BCUT2D eigenvalue weighted by molar-refractivity contribution is -0.128. The minimum absolute atomic E-state index is 0.0576. The molecule has 5 rings (SSSR count). The average Bonchev–Trinajstić information content (AvgIpc) is 3.26. The smallest absolute Gasteiger partial charge is 0.233 e. The number of fused-ring (bicyclic) bond motifs is 1. The SMILES string of the molecule is O=C(CSc1nnc2ccc(-c3ccc(F)cc3)nn12)N1CCN(c2ccc(Cl)cc2)CC1. The monoisotopic (exact) mass is 482 g/mol. The third-order valence-corrected chi connectivity index (χ3v) is 6.68. The number of aromatic nitrogens is 4. The third kappa shape index (κ3) is 4.79. The Kier molecular flexibility index (Phi) is 6.15. The van der Waals surface area contributed by atoms with Gasteiger partial charge in [-0.05, 0) is 60.7 Å². The summed E-state index contributed by atoms with van der Waals surface area (Å²) in [5, 5.41) is 14.2. The van der Waals surface area contributed by atoms with E-state index in [1.54, 1.807) is 22.7 Å². The van der Waals surface area contributed by atoms with Gasteiger partial charge in [0, 0.05) is 42.5 Å². The minimum atomic E-state index is -0.298. The first-order valence-electron chi connectivity index (χ1n) is 10.5. The maximum Gasteiger partial charge on any atom is 0.233 e. The van der Waals surface area contributed by atoms with Gasteiger partial charge in [-0.2, -0.15) is 9.61 Å². The molecular formula is C23H20ClFN6OS. The van der Waals surface area contributed by atoms with Crippen molar-refractivity contribution in [2.45, 2.75) is 5.16 Å². The van der Waals surface area contributed by atoms with E-state index in [1.165, 1.54) is 23.9 Å². The molecule has 1 amide bonds. The van der Waals surface area contributed by atoms with E-state index in [0.29, 0.717) is 34.6 Å². The van der Waals surface area contributed by atoms with E-state index in [2.05, 4.69) is 20.2 Å². The molecule has 7 nitrogen and oxygen atoms in total. The summed E-state index contributed by atoms with van der Waals surface area (Å²) >= 11 is 7.28. The van der Waals surface area contributed by atoms with Crippen LogP contribution >= 0.6 is 23.4 Å². The van der Waals surface area contributed by atoms with E-state index in [0.717, 1.165) is 24.3 Å². The molecule has 10 heteroatoms. The summed E-state index contributed by atoms with van der Waals surface area (Å²) in [6.45, 7) is 2.87. The molecule has 0 atom stereocenters. The van der Waals surface area contributed by atoms with Crippen molar-refractivity contribution in [1.82, 2.24) is 24.7 Å². The first-order chi connectivity index (χ1) is 16.1. The standard InChI is InChI=1S/C23H20ClFN6OS/c24-17-3-7-19(8-4-17)29-11-13-30(14-12-29)22(32)15-33-23-27-26-21-10-9-20(28-31(21)23)16-1-5-18(25)6-2-16/h1-10H,11-15H2. The summed E-state index contributed by atoms with van der Waals surface area (Å²) in [5.74, 6) is 0.0135. The van der Waals surface area contributed by atoms with Crippen molar-refractivity contribution in [3.05, 3.63) is 71.5 Å². The number of thioether (sulfide) groups is 1. The summed E-state index contributed by atoms with van der Waals surface area (Å²) in [6, 6.07) is 17.5. The number of halogens is 2. The second-order valence-corrected chi connectivity index (χ2v) is 8.99. The van der Waals surface area contributed by atoms with E-state index in [-0.39, 0.29) is 17.5 Å². The number of anilines is 1. The van der Waals surface area contributed by atoms with Crippen LogP contribution in [0.5, 0.6) is 0 Å². The van der Waals surface area contributed by atoms with Gasteiger partial charge in [-0.15, -0.1) is 10.2 Å². The number of hydrogen-bond donors (Lipinski definition) is 0. The number of benzene rings is 2. The van der Waals surface area contributed by atoms with Gasteiger partial charge in [-0.3, -0.25) is 4.79 Å². The fourth-order valence-corrected chi connectivity index (χ4v) is 4.63. The average molecular weight is 483 g/mol. The Labute approximate surface area is 199 Å². The lowest BCUT2D eigenvalue weighted by Gasteiger charge is -2.36. The van der Waals surface area contributed by atoms with Crippen molar-refractivity contribution < 1.29 is 9.18 Å². The van der Waals surface area contributed by atoms with E-state index >= 15 is 0 Å². The Morgan fingerprint density at radius 3 is 2.39 bits per heavy atom. The van der Waals surface area contributed by atoms with Crippen LogP contribution in [0.2, 0.25) is 5.02 Å². The second-order valence-electron chi connectivity index (χ2n) is 7.61. The molecule has 3 heterocycles. The zero-order valence-corrected chi connectivity index (χ0v) is 19.1. The van der Waals surface area contributed by atoms with Gasteiger partial charge in [-0.25, -0.2) is 4.39 Å². The van der Waals surface area contributed by atoms with Crippen LogP contribution in [-0.2, 0) is 4.79 Å². The molecule has 0 aliphatic carbocycles. The van der Waals surface area contributed by atoms with Gasteiger partial charge in [0.25, 0.3) is 0 Å². The van der Waals surface area contributed by atoms with Crippen LogP contribution in [0.1, 0.15) is 0 Å². The normalized spacial score (nSPS) is 14.1. The fraction of sp³-hybridized carbons (Fsp3) is 0.217. The molecule has 168 valence electrons. The van der Waals surface area contributed by atoms with Gasteiger partial charge in [-0.1, -0.05) is 23.4 Å². The highest BCUT2D eigenvalue weighted by Gasteiger charge is 2.22. The number of piperazine rings is 1. The quantitative estimate of drug-likeness (QED) is 0.400. The highest BCUT2D eigenvalue weighted by molar-refractivity contribution is 7.99. The number of rotatable bonds is 5. The van der Waals surface area contributed by atoms with Crippen LogP contribution in [0.4, 0.5) is 10.1 Å². The van der Waals surface area contributed by atoms with Crippen LogP contribution in [0.3, 0.4) is 0 Å². The highest BCUT2D eigenvalue weighted by Crippen LogP contribution is 2.23. The van der Waals surface area contributed by atoms with Gasteiger partial charge in [0.15, 0.2) is 5.65 Å². The van der Waals surface area contributed by atoms with E-state index in [1.807, 2.05) is 35.2 Å². The van der Waals surface area contributed by atoms with Crippen LogP contribution in [-0.4, -0.2) is 62.6 Å². The lowest BCUT2D eigenvalue weighted by atomic mass is 10.1. The predicted molar refractivity (Wildman–Crippen MR) is 127 cm³/mol. The molecule has 0 radical (unpaired) electrons. The first-order valence-corrected chi connectivity index (χ1v) is 11.8. The van der Waals surface area contributed by atoms with Gasteiger partial charge in [0.05, 0.1) is 11.4 Å². The van der Waals surface area contributed by atoms with E-state index < -0.39 is 0 Å². The number of amides is 1. The molecule has 2 aromatic heterocycles. The molecule has 1 aliphatic rings. The number of nitrogens with zero attached hydrogens (tertiary/aromatic N) is 6. The molecule has 0 spiro atoms.